The summed E-state index contributed by atoms with van der Waals surface area (Å²) in [4.78, 5) is 10.7. The zero-order valence-electron chi connectivity index (χ0n) is 11.5. The molecule has 0 aromatic heterocycles. The third kappa shape index (κ3) is 4.70. The summed E-state index contributed by atoms with van der Waals surface area (Å²) in [6.45, 7) is -0.155. The van der Waals surface area contributed by atoms with Crippen LogP contribution in [0.3, 0.4) is 0 Å². The molecule has 0 aliphatic heterocycles. The second-order valence-corrected chi connectivity index (χ2v) is 4.38. The first-order valence-electron chi connectivity index (χ1n) is 5.98. The van der Waals surface area contributed by atoms with Crippen LogP contribution in [0.2, 0.25) is 0 Å². The fraction of sp³-hybridized carbons (Fsp3) is 0.462. The minimum absolute atomic E-state index is 0.155. The van der Waals surface area contributed by atoms with Crippen LogP contribution in [0.5, 0.6) is 11.5 Å². The first kappa shape index (κ1) is 17.4. The number of ether oxygens (including phenoxy) is 2. The molecule has 21 heavy (non-hydrogen) atoms. The van der Waals surface area contributed by atoms with E-state index in [1.807, 2.05) is 5.32 Å². The molecule has 0 bridgehead atoms. The van der Waals surface area contributed by atoms with Gasteiger partial charge in [0.05, 0.1) is 14.2 Å². The number of benzene rings is 1. The Kier molecular flexibility index (Phi) is 6.14. The van der Waals surface area contributed by atoms with Crippen molar-refractivity contribution in [2.75, 3.05) is 20.8 Å². The number of nitrogens with one attached hydrogen (secondary N) is 1. The summed E-state index contributed by atoms with van der Waals surface area (Å²) in [7, 11) is 2.92. The molecule has 0 spiro atoms. The van der Waals surface area contributed by atoms with Gasteiger partial charge in [-0.05, 0) is 29.7 Å². The Labute approximate surface area is 125 Å². The third-order valence-electron chi connectivity index (χ3n) is 2.79. The molecule has 0 aliphatic rings. The van der Waals surface area contributed by atoms with E-state index in [1.165, 1.54) is 14.2 Å². The van der Waals surface area contributed by atoms with E-state index in [4.69, 9.17) is 21.1 Å². The van der Waals surface area contributed by atoms with E-state index in [0.717, 1.165) is 0 Å². The second kappa shape index (κ2) is 7.40. The highest BCUT2D eigenvalue weighted by molar-refractivity contribution is 6.17. The summed E-state index contributed by atoms with van der Waals surface area (Å²) in [5, 5.41) is 1.81. The topological polar surface area (TPSA) is 47.6 Å². The molecule has 0 aliphatic carbocycles. The molecule has 0 fully saturated rings. The van der Waals surface area contributed by atoms with Crippen molar-refractivity contribution in [1.82, 2.24) is 5.32 Å². The Morgan fingerprint density at radius 2 is 1.71 bits per heavy atom. The van der Waals surface area contributed by atoms with Crippen LogP contribution < -0.4 is 14.8 Å². The van der Waals surface area contributed by atoms with E-state index in [2.05, 4.69) is 0 Å². The van der Waals surface area contributed by atoms with Gasteiger partial charge in [-0.1, -0.05) is 0 Å². The van der Waals surface area contributed by atoms with Crippen LogP contribution in [-0.2, 0) is 17.1 Å². The van der Waals surface area contributed by atoms with Crippen molar-refractivity contribution in [1.29, 1.82) is 0 Å². The van der Waals surface area contributed by atoms with Crippen LogP contribution >= 0.6 is 11.6 Å². The maximum atomic E-state index is 12.1. The van der Waals surface area contributed by atoms with Crippen LogP contribution in [-0.4, -0.2) is 32.8 Å². The van der Waals surface area contributed by atoms with Crippen LogP contribution in [0.25, 0.3) is 0 Å². The molecule has 0 radical (unpaired) electrons. The molecular weight excluding hydrogens is 311 g/mol. The number of carbonyl (C=O) groups is 1. The molecule has 0 atom stereocenters. The predicted octanol–water partition coefficient (Wildman–Crippen LogP) is 2.66. The SMILES string of the molecule is COc1cc(CCl)c(CCNC(=O)C(F)(F)F)cc1OC. The highest BCUT2D eigenvalue weighted by Crippen LogP contribution is 2.31. The number of methoxy groups -OCH3 is 2. The van der Waals surface area contributed by atoms with Crippen molar-refractivity contribution in [3.8, 4) is 11.5 Å². The molecule has 1 N–H and O–H groups in total. The number of alkyl halides is 4. The quantitative estimate of drug-likeness (QED) is 0.818. The van der Waals surface area contributed by atoms with Crippen molar-refractivity contribution < 1.29 is 27.4 Å². The molecule has 1 rings (SSSR count). The first-order valence-corrected chi connectivity index (χ1v) is 6.51. The molecule has 1 aromatic rings. The Morgan fingerprint density at radius 1 is 1.19 bits per heavy atom. The Hall–Kier alpha value is -1.63. The molecular formula is C13H15ClF3NO3. The van der Waals surface area contributed by atoms with Crippen molar-refractivity contribution >= 4 is 17.5 Å². The van der Waals surface area contributed by atoms with Gasteiger partial charge in [0.2, 0.25) is 0 Å². The van der Waals surface area contributed by atoms with E-state index in [-0.39, 0.29) is 18.8 Å². The number of rotatable bonds is 6. The molecule has 0 saturated heterocycles. The number of carbonyl (C=O) groups excluding carboxylic acids is 1. The highest BCUT2D eigenvalue weighted by Gasteiger charge is 2.38. The number of hydrogen-bond donors (Lipinski definition) is 1. The largest absolute Gasteiger partial charge is 0.493 e. The Balaban J connectivity index is 2.81. The maximum Gasteiger partial charge on any atom is 0.471 e. The van der Waals surface area contributed by atoms with E-state index < -0.39 is 12.1 Å². The van der Waals surface area contributed by atoms with Gasteiger partial charge in [0.25, 0.3) is 0 Å². The van der Waals surface area contributed by atoms with Crippen molar-refractivity contribution in [2.24, 2.45) is 0 Å². The molecule has 8 heteroatoms. The van der Waals surface area contributed by atoms with Gasteiger partial charge in [0.1, 0.15) is 0 Å². The normalized spacial score (nSPS) is 11.1. The standard InChI is InChI=1S/C13H15ClF3NO3/c1-20-10-5-8(9(7-14)6-11(10)21-2)3-4-18-12(19)13(15,16)17/h5-6H,3-4,7H2,1-2H3,(H,18,19). The first-order chi connectivity index (χ1) is 9.83. The van der Waals surface area contributed by atoms with E-state index >= 15 is 0 Å². The van der Waals surface area contributed by atoms with Crippen molar-refractivity contribution in [3.63, 3.8) is 0 Å². The van der Waals surface area contributed by atoms with Gasteiger partial charge in [-0.25, -0.2) is 0 Å². The third-order valence-corrected chi connectivity index (χ3v) is 3.08. The average molecular weight is 326 g/mol. The Morgan fingerprint density at radius 3 is 2.14 bits per heavy atom. The van der Waals surface area contributed by atoms with Crippen molar-refractivity contribution in [2.45, 2.75) is 18.5 Å². The highest BCUT2D eigenvalue weighted by atomic mass is 35.5. The molecule has 1 aromatic carbocycles. The summed E-state index contributed by atoms with van der Waals surface area (Å²) >= 11 is 5.81. The van der Waals surface area contributed by atoms with Gasteiger partial charge in [0.15, 0.2) is 11.5 Å². The van der Waals surface area contributed by atoms with E-state index in [0.29, 0.717) is 22.6 Å². The fourth-order valence-electron chi connectivity index (χ4n) is 1.73. The minimum Gasteiger partial charge on any atom is -0.493 e. The fourth-order valence-corrected chi connectivity index (χ4v) is 1.98. The van der Waals surface area contributed by atoms with Gasteiger partial charge in [-0.15, -0.1) is 11.6 Å². The smallest absolute Gasteiger partial charge is 0.471 e. The van der Waals surface area contributed by atoms with Gasteiger partial charge >= 0.3 is 12.1 Å². The van der Waals surface area contributed by atoms with Gasteiger partial charge in [0, 0.05) is 12.4 Å². The van der Waals surface area contributed by atoms with E-state index in [1.54, 1.807) is 12.1 Å². The molecule has 0 unspecified atom stereocenters. The maximum absolute atomic E-state index is 12.1. The summed E-state index contributed by atoms with van der Waals surface area (Å²) in [5.41, 5.74) is 1.39. The summed E-state index contributed by atoms with van der Waals surface area (Å²) in [6, 6.07) is 3.29. The predicted molar refractivity (Wildman–Crippen MR) is 71.9 cm³/mol. The molecule has 1 amide bonds. The Bertz CT molecular complexity index is 506. The lowest BCUT2D eigenvalue weighted by Crippen LogP contribution is -2.37. The van der Waals surface area contributed by atoms with Crippen LogP contribution in [0.1, 0.15) is 11.1 Å². The van der Waals surface area contributed by atoms with Gasteiger partial charge < -0.3 is 14.8 Å². The lowest BCUT2D eigenvalue weighted by Gasteiger charge is -2.14. The van der Waals surface area contributed by atoms with Crippen LogP contribution in [0.4, 0.5) is 13.2 Å². The lowest BCUT2D eigenvalue weighted by molar-refractivity contribution is -0.173. The number of hydrogen-bond acceptors (Lipinski definition) is 3. The number of amides is 1. The van der Waals surface area contributed by atoms with Crippen molar-refractivity contribution in [3.05, 3.63) is 23.3 Å². The molecule has 0 heterocycles. The average Bonchev–Trinajstić information content (AvgIpc) is 2.45. The lowest BCUT2D eigenvalue weighted by atomic mass is 10.0. The second-order valence-electron chi connectivity index (χ2n) is 4.11. The summed E-state index contributed by atoms with van der Waals surface area (Å²) in [6.07, 6.45) is -4.68. The molecule has 4 nitrogen and oxygen atoms in total. The van der Waals surface area contributed by atoms with Crippen LogP contribution in [0.15, 0.2) is 12.1 Å². The summed E-state index contributed by atoms with van der Waals surface area (Å²) in [5.74, 6) is -0.863. The molecule has 118 valence electrons. The van der Waals surface area contributed by atoms with Gasteiger partial charge in [-0.2, -0.15) is 13.2 Å². The van der Waals surface area contributed by atoms with Gasteiger partial charge in [-0.3, -0.25) is 4.79 Å². The zero-order chi connectivity index (χ0) is 16.0. The van der Waals surface area contributed by atoms with Crippen LogP contribution in [0, 0.1) is 0 Å². The molecule has 0 saturated carbocycles. The monoisotopic (exact) mass is 325 g/mol. The number of halogens is 4. The minimum atomic E-state index is -4.88. The summed E-state index contributed by atoms with van der Waals surface area (Å²) < 4.78 is 46.4. The van der Waals surface area contributed by atoms with E-state index in [9.17, 15) is 18.0 Å². The zero-order valence-corrected chi connectivity index (χ0v) is 12.3.